The molecule has 0 amide bonds. The first-order valence-electron chi connectivity index (χ1n) is 9.19. The van der Waals surface area contributed by atoms with E-state index in [2.05, 4.69) is 80.2 Å². The highest BCUT2D eigenvalue weighted by Crippen LogP contribution is 2.31. The van der Waals surface area contributed by atoms with Crippen molar-refractivity contribution >= 4 is 0 Å². The van der Waals surface area contributed by atoms with Crippen LogP contribution in [-0.2, 0) is 6.54 Å². The normalized spacial score (nSPS) is 15.7. The Morgan fingerprint density at radius 1 is 1.16 bits per heavy atom. The second-order valence-electron chi connectivity index (χ2n) is 7.18. The molecule has 1 aliphatic carbocycles. The van der Waals surface area contributed by atoms with Gasteiger partial charge < -0.3 is 4.90 Å². The second kappa shape index (κ2) is 7.62. The second-order valence-corrected chi connectivity index (χ2v) is 7.18. The highest BCUT2D eigenvalue weighted by Gasteiger charge is 2.20. The molecule has 3 rings (SSSR count). The average molecular weight is 329 g/mol. The molecule has 0 bridgehead atoms. The Bertz CT molecular complexity index is 808. The monoisotopic (exact) mass is 329 g/mol. The minimum Gasteiger partial charge on any atom is -0.340 e. The summed E-state index contributed by atoms with van der Waals surface area (Å²) in [7, 11) is 0. The zero-order valence-electron chi connectivity index (χ0n) is 15.4. The molecule has 1 aliphatic heterocycles. The Kier molecular flexibility index (Phi) is 5.29. The van der Waals surface area contributed by atoms with Crippen LogP contribution in [0.5, 0.6) is 0 Å². The number of hydrogen-bond acceptors (Lipinski definition) is 1. The maximum atomic E-state index is 4.41. The predicted octanol–water partition coefficient (Wildman–Crippen LogP) is 5.96. The molecule has 1 aromatic rings. The Hall–Kier alpha value is -2.46. The van der Waals surface area contributed by atoms with E-state index in [4.69, 9.17) is 0 Å². The van der Waals surface area contributed by atoms with E-state index in [1.54, 1.807) is 0 Å². The lowest BCUT2D eigenvalue weighted by Gasteiger charge is -2.32. The van der Waals surface area contributed by atoms with Crippen molar-refractivity contribution in [2.45, 2.75) is 46.1 Å². The summed E-state index contributed by atoms with van der Waals surface area (Å²) in [6.45, 7) is 13.9. The van der Waals surface area contributed by atoms with Gasteiger partial charge in [-0.05, 0) is 49.3 Å². The molecule has 0 spiro atoms. The van der Waals surface area contributed by atoms with E-state index in [0.717, 1.165) is 43.5 Å². The summed E-state index contributed by atoms with van der Waals surface area (Å²) < 4.78 is 0. The summed E-state index contributed by atoms with van der Waals surface area (Å²) in [5.74, 6) is 7.33. The lowest BCUT2D eigenvalue weighted by Crippen LogP contribution is -2.24. The zero-order valence-corrected chi connectivity index (χ0v) is 15.4. The molecule has 0 N–H and O–H groups in total. The topological polar surface area (TPSA) is 3.24 Å². The van der Waals surface area contributed by atoms with Crippen LogP contribution < -0.4 is 0 Å². The molecule has 0 saturated heterocycles. The van der Waals surface area contributed by atoms with Crippen LogP contribution in [0.15, 0.2) is 72.1 Å². The third-order valence-electron chi connectivity index (χ3n) is 5.06. The fourth-order valence-electron chi connectivity index (χ4n) is 3.22. The summed E-state index contributed by atoms with van der Waals surface area (Å²) in [4.78, 5) is 2.37. The molecule has 1 heterocycles. The van der Waals surface area contributed by atoms with Gasteiger partial charge in [-0.2, -0.15) is 0 Å². The van der Waals surface area contributed by atoms with Crippen molar-refractivity contribution in [1.82, 2.24) is 4.90 Å². The smallest absolute Gasteiger partial charge is 0.0525 e. The number of allylic oxidation sites excluding steroid dienone is 5. The Morgan fingerprint density at radius 3 is 2.76 bits per heavy atom. The predicted molar refractivity (Wildman–Crippen MR) is 107 cm³/mol. The first kappa shape index (κ1) is 17.4. The SMILES string of the molecule is C=C(CCC(=C)N1Cc2ccccc2C#CC2=C1C=CCC2)C(C)C. The Morgan fingerprint density at radius 2 is 1.96 bits per heavy atom. The van der Waals surface area contributed by atoms with Gasteiger partial charge in [-0.15, -0.1) is 0 Å². The van der Waals surface area contributed by atoms with Crippen molar-refractivity contribution in [2.75, 3.05) is 0 Å². The third kappa shape index (κ3) is 3.97. The standard InChI is InChI=1S/C24H27N/c1-18(2)19(3)13-14-20(4)25-17-23-11-6-5-9-21(23)15-16-22-10-7-8-12-24(22)25/h5-6,8-9,11-12,18H,3-4,7,10,13-14,17H2,1-2H3. The number of fused-ring (bicyclic) bond motifs is 1. The van der Waals surface area contributed by atoms with Crippen LogP contribution in [0.1, 0.15) is 50.7 Å². The van der Waals surface area contributed by atoms with Crippen molar-refractivity contribution in [3.63, 3.8) is 0 Å². The minimum atomic E-state index is 0.524. The van der Waals surface area contributed by atoms with Crippen molar-refractivity contribution in [1.29, 1.82) is 0 Å². The van der Waals surface area contributed by atoms with Gasteiger partial charge in [0.25, 0.3) is 0 Å². The molecule has 0 aromatic heterocycles. The number of rotatable bonds is 5. The van der Waals surface area contributed by atoms with Gasteiger partial charge in [-0.25, -0.2) is 0 Å². The van der Waals surface area contributed by atoms with Gasteiger partial charge in [0.2, 0.25) is 0 Å². The first-order chi connectivity index (χ1) is 12.1. The van der Waals surface area contributed by atoms with Gasteiger partial charge in [0, 0.05) is 23.4 Å². The van der Waals surface area contributed by atoms with E-state index in [1.807, 2.05) is 0 Å². The molecular formula is C24H27N. The Labute approximate surface area is 152 Å². The molecule has 0 unspecified atom stereocenters. The summed E-state index contributed by atoms with van der Waals surface area (Å²) in [6.07, 6.45) is 8.50. The quantitative estimate of drug-likeness (QED) is 0.475. The van der Waals surface area contributed by atoms with Crippen LogP contribution in [0.25, 0.3) is 0 Å². The van der Waals surface area contributed by atoms with Crippen LogP contribution in [0.3, 0.4) is 0 Å². The molecule has 1 nitrogen and oxygen atoms in total. The summed E-state index contributed by atoms with van der Waals surface area (Å²) in [5, 5.41) is 0. The van der Waals surface area contributed by atoms with Crippen LogP contribution >= 0.6 is 0 Å². The zero-order chi connectivity index (χ0) is 17.8. The number of hydrogen-bond donors (Lipinski definition) is 0. The molecule has 0 saturated carbocycles. The highest BCUT2D eigenvalue weighted by molar-refractivity contribution is 5.51. The maximum absolute atomic E-state index is 4.41. The summed E-state index contributed by atoms with van der Waals surface area (Å²) in [5.41, 5.74) is 7.31. The molecular weight excluding hydrogens is 302 g/mol. The van der Waals surface area contributed by atoms with Gasteiger partial charge in [0.15, 0.2) is 0 Å². The number of nitrogens with zero attached hydrogens (tertiary/aromatic N) is 1. The van der Waals surface area contributed by atoms with Gasteiger partial charge in [-0.1, -0.05) is 68.7 Å². The molecule has 1 heteroatoms. The van der Waals surface area contributed by atoms with Crippen molar-refractivity contribution in [3.8, 4) is 11.8 Å². The van der Waals surface area contributed by atoms with Crippen LogP contribution in [0.4, 0.5) is 0 Å². The van der Waals surface area contributed by atoms with Crippen molar-refractivity contribution < 1.29 is 0 Å². The summed E-state index contributed by atoms with van der Waals surface area (Å²) in [6, 6.07) is 8.45. The van der Waals surface area contributed by atoms with Crippen LogP contribution in [0.2, 0.25) is 0 Å². The highest BCUT2D eigenvalue weighted by atomic mass is 15.1. The number of benzene rings is 1. The molecule has 25 heavy (non-hydrogen) atoms. The van der Waals surface area contributed by atoms with Gasteiger partial charge in [0.1, 0.15) is 0 Å². The molecule has 0 atom stereocenters. The molecule has 0 fully saturated rings. The average Bonchev–Trinajstić information content (AvgIpc) is 2.61. The lowest BCUT2D eigenvalue weighted by molar-refractivity contribution is 0.409. The van der Waals surface area contributed by atoms with Gasteiger partial charge in [0.05, 0.1) is 5.70 Å². The minimum absolute atomic E-state index is 0.524. The maximum Gasteiger partial charge on any atom is 0.0525 e. The molecule has 2 aliphatic rings. The van der Waals surface area contributed by atoms with E-state index < -0.39 is 0 Å². The van der Waals surface area contributed by atoms with Gasteiger partial charge in [-0.3, -0.25) is 0 Å². The molecule has 128 valence electrons. The third-order valence-corrected chi connectivity index (χ3v) is 5.06. The Balaban J connectivity index is 1.91. The van der Waals surface area contributed by atoms with E-state index in [1.165, 1.54) is 22.4 Å². The van der Waals surface area contributed by atoms with Crippen molar-refractivity contribution in [2.24, 2.45) is 5.92 Å². The fourth-order valence-corrected chi connectivity index (χ4v) is 3.22. The van der Waals surface area contributed by atoms with Crippen molar-refractivity contribution in [3.05, 3.63) is 83.2 Å². The van der Waals surface area contributed by atoms with Crippen LogP contribution in [-0.4, -0.2) is 4.90 Å². The van der Waals surface area contributed by atoms with Crippen LogP contribution in [0, 0.1) is 17.8 Å². The molecule has 1 aromatic carbocycles. The lowest BCUT2D eigenvalue weighted by atomic mass is 9.95. The van der Waals surface area contributed by atoms with E-state index in [0.29, 0.717) is 5.92 Å². The van der Waals surface area contributed by atoms with E-state index in [9.17, 15) is 0 Å². The summed E-state index contributed by atoms with van der Waals surface area (Å²) >= 11 is 0. The molecule has 0 radical (unpaired) electrons. The van der Waals surface area contributed by atoms with Gasteiger partial charge >= 0.3 is 0 Å². The van der Waals surface area contributed by atoms with E-state index in [-0.39, 0.29) is 0 Å². The largest absolute Gasteiger partial charge is 0.340 e. The first-order valence-corrected chi connectivity index (χ1v) is 9.19. The van der Waals surface area contributed by atoms with E-state index >= 15 is 0 Å². The fraction of sp³-hybridized carbons (Fsp3) is 0.333.